The first-order chi connectivity index (χ1) is 8.28. The van der Waals surface area contributed by atoms with E-state index in [1.54, 1.807) is 6.07 Å². The molecule has 3 heteroatoms. The third-order valence-corrected chi connectivity index (χ3v) is 4.38. The summed E-state index contributed by atoms with van der Waals surface area (Å²) in [5.41, 5.74) is 1.77. The molecule has 2 fully saturated rings. The lowest BCUT2D eigenvalue weighted by Crippen LogP contribution is -2.21. The van der Waals surface area contributed by atoms with Crippen molar-refractivity contribution in [3.63, 3.8) is 0 Å². The minimum atomic E-state index is 0.643. The van der Waals surface area contributed by atoms with E-state index in [0.29, 0.717) is 10.6 Å². The van der Waals surface area contributed by atoms with Crippen molar-refractivity contribution in [2.75, 3.05) is 18.0 Å². The molecule has 2 unspecified atom stereocenters. The van der Waals surface area contributed by atoms with Crippen LogP contribution in [0.1, 0.15) is 24.8 Å². The van der Waals surface area contributed by atoms with Gasteiger partial charge in [0.15, 0.2) is 0 Å². The molecule has 0 aromatic heterocycles. The molecular weight excluding hydrogens is 232 g/mol. The Labute approximate surface area is 107 Å². The molecule has 1 aliphatic heterocycles. The molecule has 2 nitrogen and oxygen atoms in total. The van der Waals surface area contributed by atoms with Crippen LogP contribution in [0.5, 0.6) is 0 Å². The van der Waals surface area contributed by atoms with Gasteiger partial charge in [0.25, 0.3) is 0 Å². The number of hydrogen-bond acceptors (Lipinski definition) is 2. The van der Waals surface area contributed by atoms with Crippen LogP contribution in [0.15, 0.2) is 18.2 Å². The Bertz CT molecular complexity index is 466. The lowest BCUT2D eigenvalue weighted by molar-refractivity contribution is 0.494. The third-order valence-electron chi connectivity index (χ3n) is 4.15. The zero-order valence-electron chi connectivity index (χ0n) is 9.69. The SMILES string of the molecule is N#Cc1cc(Cl)ccc1N1CC2CCCC2C1. The van der Waals surface area contributed by atoms with E-state index in [-0.39, 0.29) is 0 Å². The monoisotopic (exact) mass is 246 g/mol. The van der Waals surface area contributed by atoms with Gasteiger partial charge in [-0.1, -0.05) is 18.0 Å². The zero-order valence-corrected chi connectivity index (χ0v) is 10.5. The van der Waals surface area contributed by atoms with Crippen molar-refractivity contribution in [3.8, 4) is 6.07 Å². The number of nitriles is 1. The minimum Gasteiger partial charge on any atom is -0.370 e. The summed E-state index contributed by atoms with van der Waals surface area (Å²) < 4.78 is 0. The van der Waals surface area contributed by atoms with E-state index in [9.17, 15) is 5.26 Å². The number of nitrogens with zero attached hydrogens (tertiary/aromatic N) is 2. The maximum absolute atomic E-state index is 9.17. The zero-order chi connectivity index (χ0) is 11.8. The summed E-state index contributed by atoms with van der Waals surface area (Å²) in [5, 5.41) is 9.81. The molecule has 0 radical (unpaired) electrons. The largest absolute Gasteiger partial charge is 0.370 e. The molecule has 1 aliphatic carbocycles. The van der Waals surface area contributed by atoms with Gasteiger partial charge in [-0.05, 0) is 42.9 Å². The first kappa shape index (κ1) is 10.9. The minimum absolute atomic E-state index is 0.643. The van der Waals surface area contributed by atoms with Gasteiger partial charge in [-0.25, -0.2) is 0 Å². The van der Waals surface area contributed by atoms with Crippen molar-refractivity contribution >= 4 is 17.3 Å². The van der Waals surface area contributed by atoms with Crippen LogP contribution in [-0.4, -0.2) is 13.1 Å². The van der Waals surface area contributed by atoms with Crippen LogP contribution in [0.4, 0.5) is 5.69 Å². The Morgan fingerprint density at radius 3 is 2.59 bits per heavy atom. The fraction of sp³-hybridized carbons (Fsp3) is 0.500. The quantitative estimate of drug-likeness (QED) is 0.759. The van der Waals surface area contributed by atoms with Crippen LogP contribution < -0.4 is 4.90 Å². The molecule has 1 heterocycles. The summed E-state index contributed by atoms with van der Waals surface area (Å²) >= 11 is 5.93. The number of fused-ring (bicyclic) bond motifs is 1. The third kappa shape index (κ3) is 1.89. The maximum Gasteiger partial charge on any atom is 0.101 e. The van der Waals surface area contributed by atoms with E-state index in [1.165, 1.54) is 19.3 Å². The predicted molar refractivity (Wildman–Crippen MR) is 69.2 cm³/mol. The summed E-state index contributed by atoms with van der Waals surface area (Å²) in [6, 6.07) is 7.89. The molecule has 1 saturated carbocycles. The van der Waals surface area contributed by atoms with Crippen molar-refractivity contribution in [3.05, 3.63) is 28.8 Å². The Kier molecular flexibility index (Phi) is 2.72. The molecule has 0 amide bonds. The summed E-state index contributed by atoms with van der Waals surface area (Å²) in [7, 11) is 0. The van der Waals surface area contributed by atoms with Crippen molar-refractivity contribution in [2.24, 2.45) is 11.8 Å². The van der Waals surface area contributed by atoms with Gasteiger partial charge in [0.05, 0.1) is 11.3 Å². The summed E-state index contributed by atoms with van der Waals surface area (Å²) in [6.45, 7) is 2.22. The first-order valence-corrected chi connectivity index (χ1v) is 6.60. The molecule has 2 aliphatic rings. The summed E-state index contributed by atoms with van der Waals surface area (Å²) in [5.74, 6) is 1.69. The van der Waals surface area contributed by atoms with Gasteiger partial charge in [0.1, 0.15) is 6.07 Å². The smallest absolute Gasteiger partial charge is 0.101 e. The summed E-state index contributed by atoms with van der Waals surface area (Å²) in [6.07, 6.45) is 4.10. The lowest BCUT2D eigenvalue weighted by Gasteiger charge is -2.20. The van der Waals surface area contributed by atoms with Crippen molar-refractivity contribution in [1.82, 2.24) is 0 Å². The highest BCUT2D eigenvalue weighted by molar-refractivity contribution is 6.30. The molecular formula is C14H15ClN2. The van der Waals surface area contributed by atoms with Gasteiger partial charge < -0.3 is 4.90 Å². The maximum atomic E-state index is 9.17. The molecule has 1 aromatic carbocycles. The van der Waals surface area contributed by atoms with Crippen molar-refractivity contribution in [2.45, 2.75) is 19.3 Å². The first-order valence-electron chi connectivity index (χ1n) is 6.22. The van der Waals surface area contributed by atoms with E-state index in [2.05, 4.69) is 11.0 Å². The van der Waals surface area contributed by atoms with Crippen LogP contribution in [0.25, 0.3) is 0 Å². The molecule has 0 spiro atoms. The van der Waals surface area contributed by atoms with Crippen LogP contribution in [-0.2, 0) is 0 Å². The molecule has 1 aromatic rings. The average Bonchev–Trinajstić information content (AvgIpc) is 2.89. The molecule has 0 N–H and O–H groups in total. The van der Waals surface area contributed by atoms with Crippen LogP contribution in [0.3, 0.4) is 0 Å². The topological polar surface area (TPSA) is 27.0 Å². The van der Waals surface area contributed by atoms with Crippen molar-refractivity contribution in [1.29, 1.82) is 5.26 Å². The summed E-state index contributed by atoms with van der Waals surface area (Å²) in [4.78, 5) is 2.36. The second-order valence-corrected chi connectivity index (χ2v) is 5.57. The fourth-order valence-corrected chi connectivity index (χ4v) is 3.48. The second-order valence-electron chi connectivity index (χ2n) is 5.13. The fourth-order valence-electron chi connectivity index (χ4n) is 3.31. The normalized spacial score (nSPS) is 26.9. The van der Waals surface area contributed by atoms with Crippen LogP contribution in [0, 0.1) is 23.2 Å². The molecule has 0 bridgehead atoms. The van der Waals surface area contributed by atoms with Gasteiger partial charge in [-0.15, -0.1) is 0 Å². The molecule has 17 heavy (non-hydrogen) atoms. The van der Waals surface area contributed by atoms with E-state index in [4.69, 9.17) is 11.6 Å². The lowest BCUT2D eigenvalue weighted by atomic mass is 10.0. The Balaban J connectivity index is 1.88. The second kappa shape index (κ2) is 4.23. The standard InChI is InChI=1S/C14H15ClN2/c15-13-4-5-14(12(6-13)7-16)17-8-10-2-1-3-11(10)9-17/h4-6,10-11H,1-3,8-9H2. The number of benzene rings is 1. The van der Waals surface area contributed by atoms with Gasteiger partial charge in [0, 0.05) is 18.1 Å². The molecule has 2 atom stereocenters. The Morgan fingerprint density at radius 2 is 1.94 bits per heavy atom. The highest BCUT2D eigenvalue weighted by Gasteiger charge is 2.36. The van der Waals surface area contributed by atoms with Gasteiger partial charge >= 0.3 is 0 Å². The molecule has 1 saturated heterocycles. The Hall–Kier alpha value is -1.20. The van der Waals surface area contributed by atoms with Gasteiger partial charge in [-0.2, -0.15) is 5.26 Å². The van der Waals surface area contributed by atoms with E-state index in [0.717, 1.165) is 30.6 Å². The highest BCUT2D eigenvalue weighted by atomic mass is 35.5. The highest BCUT2D eigenvalue weighted by Crippen LogP contribution is 2.40. The van der Waals surface area contributed by atoms with E-state index >= 15 is 0 Å². The number of halogens is 1. The van der Waals surface area contributed by atoms with Gasteiger partial charge in [0.2, 0.25) is 0 Å². The average molecular weight is 247 g/mol. The Morgan fingerprint density at radius 1 is 1.24 bits per heavy atom. The predicted octanol–water partition coefficient (Wildman–Crippen LogP) is 3.45. The van der Waals surface area contributed by atoms with Crippen molar-refractivity contribution < 1.29 is 0 Å². The number of anilines is 1. The van der Waals surface area contributed by atoms with E-state index in [1.807, 2.05) is 12.1 Å². The van der Waals surface area contributed by atoms with Crippen LogP contribution >= 0.6 is 11.6 Å². The number of hydrogen-bond donors (Lipinski definition) is 0. The van der Waals surface area contributed by atoms with Gasteiger partial charge in [-0.3, -0.25) is 0 Å². The van der Waals surface area contributed by atoms with E-state index < -0.39 is 0 Å². The molecule has 3 rings (SSSR count). The molecule has 88 valence electrons. The van der Waals surface area contributed by atoms with Crippen LogP contribution in [0.2, 0.25) is 5.02 Å². The number of rotatable bonds is 1.